The molecule has 1 aliphatic rings. The Morgan fingerprint density at radius 1 is 1.50 bits per heavy atom. The molecule has 1 aliphatic heterocycles. The first kappa shape index (κ1) is 14.8. The molecule has 0 radical (unpaired) electrons. The molecule has 1 atom stereocenters. The molecule has 1 amide bonds. The molecule has 2 rings (SSSR count). The minimum atomic E-state index is -0.744. The van der Waals surface area contributed by atoms with Crippen molar-refractivity contribution in [3.8, 4) is 0 Å². The Bertz CT molecular complexity index is 535. The third kappa shape index (κ3) is 3.10. The summed E-state index contributed by atoms with van der Waals surface area (Å²) in [6, 6.07) is 5.10. The van der Waals surface area contributed by atoms with Crippen molar-refractivity contribution in [3.05, 3.63) is 28.2 Å². The molecule has 0 spiro atoms. The van der Waals surface area contributed by atoms with Gasteiger partial charge in [-0.3, -0.25) is 4.79 Å². The van der Waals surface area contributed by atoms with Gasteiger partial charge in [-0.1, -0.05) is 15.9 Å². The maximum Gasteiger partial charge on any atom is 0.336 e. The lowest BCUT2D eigenvalue weighted by Gasteiger charge is -2.31. The van der Waals surface area contributed by atoms with E-state index in [1.54, 1.807) is 23.1 Å². The lowest BCUT2D eigenvalue weighted by atomic mass is 10.1. The first-order valence-corrected chi connectivity index (χ1v) is 6.86. The van der Waals surface area contributed by atoms with Gasteiger partial charge in [-0.15, -0.1) is 0 Å². The molecule has 1 aromatic rings. The average molecular weight is 343 g/mol. The molecular formula is C13H15BrN2O4. The second kappa shape index (κ2) is 6.23. The quantitative estimate of drug-likeness (QED) is 0.641. The Morgan fingerprint density at radius 3 is 2.95 bits per heavy atom. The lowest BCUT2D eigenvalue weighted by Crippen LogP contribution is -2.49. The first-order valence-electron chi connectivity index (χ1n) is 6.06. The Hall–Kier alpha value is -1.60. The number of hydrogen-bond donors (Lipinski definition) is 1. The number of rotatable bonds is 2. The van der Waals surface area contributed by atoms with Crippen molar-refractivity contribution in [2.45, 2.75) is 6.10 Å². The van der Waals surface area contributed by atoms with Crippen molar-refractivity contribution in [3.63, 3.8) is 0 Å². The van der Waals surface area contributed by atoms with E-state index in [0.717, 1.165) is 4.47 Å². The van der Waals surface area contributed by atoms with E-state index in [1.807, 2.05) is 0 Å². The molecule has 2 N–H and O–H groups in total. The van der Waals surface area contributed by atoms with Crippen LogP contribution in [-0.2, 0) is 14.3 Å². The van der Waals surface area contributed by atoms with Crippen molar-refractivity contribution >= 4 is 33.5 Å². The van der Waals surface area contributed by atoms with Gasteiger partial charge in [-0.25, -0.2) is 4.79 Å². The normalized spacial score (nSPS) is 18.7. The van der Waals surface area contributed by atoms with E-state index in [2.05, 4.69) is 20.7 Å². The topological polar surface area (TPSA) is 81.9 Å². The van der Waals surface area contributed by atoms with Gasteiger partial charge in [0.25, 0.3) is 5.91 Å². The van der Waals surface area contributed by atoms with Gasteiger partial charge in [0.15, 0.2) is 6.10 Å². The number of morpholine rings is 1. The van der Waals surface area contributed by atoms with Crippen LogP contribution in [0.4, 0.5) is 5.69 Å². The number of benzene rings is 1. The maximum atomic E-state index is 12.4. The fourth-order valence-corrected chi connectivity index (χ4v) is 2.35. The van der Waals surface area contributed by atoms with Gasteiger partial charge in [0.1, 0.15) is 0 Å². The zero-order valence-electron chi connectivity index (χ0n) is 11.0. The van der Waals surface area contributed by atoms with Crippen LogP contribution < -0.4 is 5.73 Å². The molecule has 0 aliphatic carbocycles. The van der Waals surface area contributed by atoms with Gasteiger partial charge in [0, 0.05) is 16.7 Å². The van der Waals surface area contributed by atoms with Gasteiger partial charge in [-0.2, -0.15) is 0 Å². The number of methoxy groups -OCH3 is 1. The van der Waals surface area contributed by atoms with E-state index >= 15 is 0 Å². The van der Waals surface area contributed by atoms with Crippen LogP contribution in [0, 0.1) is 0 Å². The van der Waals surface area contributed by atoms with Crippen molar-refractivity contribution in [2.75, 3.05) is 32.5 Å². The van der Waals surface area contributed by atoms with Crippen LogP contribution in [0.15, 0.2) is 22.7 Å². The SMILES string of the molecule is COC(=O)C1CN(C(=O)c2cc(Br)ccc2N)CCO1. The monoisotopic (exact) mass is 342 g/mol. The van der Waals surface area contributed by atoms with E-state index in [1.165, 1.54) is 7.11 Å². The highest BCUT2D eigenvalue weighted by Crippen LogP contribution is 2.21. The predicted octanol–water partition coefficient (Wildman–Crippen LogP) is 1.05. The van der Waals surface area contributed by atoms with Crippen LogP contribution in [0.3, 0.4) is 0 Å². The summed E-state index contributed by atoms with van der Waals surface area (Å²) in [5.41, 5.74) is 6.64. The van der Waals surface area contributed by atoms with Gasteiger partial charge in [0.2, 0.25) is 0 Å². The van der Waals surface area contributed by atoms with Gasteiger partial charge >= 0.3 is 5.97 Å². The Balaban J connectivity index is 2.16. The fourth-order valence-electron chi connectivity index (χ4n) is 1.99. The van der Waals surface area contributed by atoms with E-state index in [-0.39, 0.29) is 12.5 Å². The van der Waals surface area contributed by atoms with Crippen molar-refractivity contribution in [1.82, 2.24) is 4.90 Å². The number of carbonyl (C=O) groups is 2. The summed E-state index contributed by atoms with van der Waals surface area (Å²) in [6.07, 6.45) is -0.744. The maximum absolute atomic E-state index is 12.4. The number of hydrogen-bond acceptors (Lipinski definition) is 5. The fraction of sp³-hybridized carbons (Fsp3) is 0.385. The molecule has 108 valence electrons. The van der Waals surface area contributed by atoms with Gasteiger partial charge < -0.3 is 20.1 Å². The first-order chi connectivity index (χ1) is 9.52. The van der Waals surface area contributed by atoms with Crippen molar-refractivity contribution < 1.29 is 19.1 Å². The zero-order chi connectivity index (χ0) is 14.7. The lowest BCUT2D eigenvalue weighted by molar-refractivity contribution is -0.158. The summed E-state index contributed by atoms with van der Waals surface area (Å²) in [7, 11) is 1.29. The number of nitrogens with zero attached hydrogens (tertiary/aromatic N) is 1. The largest absolute Gasteiger partial charge is 0.467 e. The molecule has 1 heterocycles. The molecule has 6 nitrogen and oxygen atoms in total. The van der Waals surface area contributed by atoms with Crippen LogP contribution in [-0.4, -0.2) is 49.7 Å². The van der Waals surface area contributed by atoms with Crippen molar-refractivity contribution in [2.24, 2.45) is 0 Å². The van der Waals surface area contributed by atoms with E-state index in [9.17, 15) is 9.59 Å². The number of anilines is 1. The minimum Gasteiger partial charge on any atom is -0.467 e. The summed E-state index contributed by atoms with van der Waals surface area (Å²) in [6.45, 7) is 0.870. The molecule has 0 aromatic heterocycles. The minimum absolute atomic E-state index is 0.164. The summed E-state index contributed by atoms with van der Waals surface area (Å²) >= 11 is 3.31. The van der Waals surface area contributed by atoms with E-state index < -0.39 is 12.1 Å². The number of halogens is 1. The Morgan fingerprint density at radius 2 is 2.25 bits per heavy atom. The number of ether oxygens (including phenoxy) is 2. The highest BCUT2D eigenvalue weighted by Gasteiger charge is 2.30. The van der Waals surface area contributed by atoms with Crippen LogP contribution in [0.5, 0.6) is 0 Å². The Kier molecular flexibility index (Phi) is 4.61. The second-order valence-electron chi connectivity index (χ2n) is 4.37. The highest BCUT2D eigenvalue weighted by molar-refractivity contribution is 9.10. The van der Waals surface area contributed by atoms with E-state index in [4.69, 9.17) is 10.5 Å². The predicted molar refractivity (Wildman–Crippen MR) is 76.2 cm³/mol. The molecule has 0 bridgehead atoms. The summed E-state index contributed by atoms with van der Waals surface area (Å²) in [5.74, 6) is -0.703. The van der Waals surface area contributed by atoms with Crippen LogP contribution in [0.2, 0.25) is 0 Å². The average Bonchev–Trinajstić information content (AvgIpc) is 2.48. The summed E-state index contributed by atoms with van der Waals surface area (Å²) in [4.78, 5) is 25.5. The molecule has 1 unspecified atom stereocenters. The van der Waals surface area contributed by atoms with Gasteiger partial charge in [0.05, 0.1) is 25.8 Å². The molecule has 1 saturated heterocycles. The summed E-state index contributed by atoms with van der Waals surface area (Å²) in [5, 5.41) is 0. The third-order valence-electron chi connectivity index (χ3n) is 3.06. The van der Waals surface area contributed by atoms with Gasteiger partial charge in [-0.05, 0) is 18.2 Å². The molecule has 20 heavy (non-hydrogen) atoms. The molecule has 7 heteroatoms. The molecular weight excluding hydrogens is 328 g/mol. The van der Waals surface area contributed by atoms with Crippen LogP contribution >= 0.6 is 15.9 Å². The summed E-state index contributed by atoms with van der Waals surface area (Å²) < 4.78 is 10.7. The van der Waals surface area contributed by atoms with Crippen molar-refractivity contribution in [1.29, 1.82) is 0 Å². The number of amides is 1. The highest BCUT2D eigenvalue weighted by atomic mass is 79.9. The Labute approximate surface area is 124 Å². The second-order valence-corrected chi connectivity index (χ2v) is 5.28. The number of nitrogens with two attached hydrogens (primary N) is 1. The van der Waals surface area contributed by atoms with Crippen LogP contribution in [0.25, 0.3) is 0 Å². The third-order valence-corrected chi connectivity index (χ3v) is 3.56. The molecule has 1 fully saturated rings. The van der Waals surface area contributed by atoms with Crippen LogP contribution in [0.1, 0.15) is 10.4 Å². The molecule has 1 aromatic carbocycles. The number of esters is 1. The smallest absolute Gasteiger partial charge is 0.336 e. The number of nitrogen functional groups attached to an aromatic ring is 1. The standard InChI is InChI=1S/C13H15BrN2O4/c1-19-13(18)11-7-16(4-5-20-11)12(17)9-6-8(14)2-3-10(9)15/h2-3,6,11H,4-5,7,15H2,1H3. The number of carbonyl (C=O) groups excluding carboxylic acids is 2. The van der Waals surface area contributed by atoms with E-state index in [0.29, 0.717) is 24.4 Å². The molecule has 0 saturated carbocycles. The zero-order valence-corrected chi connectivity index (χ0v) is 12.6.